The first-order valence-corrected chi connectivity index (χ1v) is 11.8. The molecule has 4 aromatic rings. The molecule has 2 aromatic carbocycles. The fourth-order valence-corrected chi connectivity index (χ4v) is 4.73. The van der Waals surface area contributed by atoms with E-state index in [1.165, 1.54) is 5.69 Å². The van der Waals surface area contributed by atoms with Crippen LogP contribution in [0.1, 0.15) is 19.8 Å². The molecule has 0 amide bonds. The van der Waals surface area contributed by atoms with Gasteiger partial charge in [0.15, 0.2) is 0 Å². The largest absolute Gasteiger partial charge is 0.491 e. The van der Waals surface area contributed by atoms with E-state index in [2.05, 4.69) is 47.1 Å². The summed E-state index contributed by atoms with van der Waals surface area (Å²) in [6.07, 6.45) is 4.05. The van der Waals surface area contributed by atoms with Crippen molar-refractivity contribution in [3.8, 4) is 11.6 Å². The molecule has 2 aliphatic heterocycles. The fraction of sp³-hybridized carbons (Fsp3) is 0.385. The molecular weight excluding hydrogens is 414 g/mol. The highest BCUT2D eigenvalue weighted by Crippen LogP contribution is 2.30. The normalized spacial score (nSPS) is 21.5. The Balaban J connectivity index is 1.31. The van der Waals surface area contributed by atoms with Crippen LogP contribution in [0.3, 0.4) is 0 Å². The van der Waals surface area contributed by atoms with Crippen LogP contribution < -0.4 is 15.4 Å². The Morgan fingerprint density at radius 1 is 1.12 bits per heavy atom. The number of hydrogen-bond acceptors (Lipinski definition) is 6. The van der Waals surface area contributed by atoms with Crippen molar-refractivity contribution < 1.29 is 9.47 Å². The Kier molecular flexibility index (Phi) is 5.15. The first-order valence-electron chi connectivity index (χ1n) is 11.8. The highest BCUT2D eigenvalue weighted by Gasteiger charge is 2.28. The minimum Gasteiger partial charge on any atom is -0.491 e. The molecule has 170 valence electrons. The number of rotatable bonds is 5. The molecule has 7 heteroatoms. The quantitative estimate of drug-likeness (QED) is 0.504. The lowest BCUT2D eigenvalue weighted by atomic mass is 10.0. The predicted molar refractivity (Wildman–Crippen MR) is 130 cm³/mol. The van der Waals surface area contributed by atoms with Gasteiger partial charge < -0.3 is 20.1 Å². The Morgan fingerprint density at radius 2 is 2.00 bits per heavy atom. The smallest absolute Gasteiger partial charge is 0.139 e. The summed E-state index contributed by atoms with van der Waals surface area (Å²) in [7, 11) is 0. The summed E-state index contributed by atoms with van der Waals surface area (Å²) in [4.78, 5) is 12.1. The maximum absolute atomic E-state index is 6.12. The van der Waals surface area contributed by atoms with Crippen molar-refractivity contribution in [3.05, 3.63) is 54.9 Å². The molecule has 0 radical (unpaired) electrons. The molecule has 7 nitrogen and oxygen atoms in total. The molecule has 2 N–H and O–H groups in total. The third-order valence-electron chi connectivity index (χ3n) is 6.95. The van der Waals surface area contributed by atoms with Gasteiger partial charge in [-0.25, -0.2) is 9.97 Å². The third kappa shape index (κ3) is 3.81. The number of imidazole rings is 1. The first kappa shape index (κ1) is 20.4. The number of pyridine rings is 1. The minimum atomic E-state index is 0.185. The summed E-state index contributed by atoms with van der Waals surface area (Å²) in [6, 6.07) is 16.9. The van der Waals surface area contributed by atoms with E-state index >= 15 is 0 Å². The van der Waals surface area contributed by atoms with Gasteiger partial charge >= 0.3 is 0 Å². The van der Waals surface area contributed by atoms with Gasteiger partial charge in [0, 0.05) is 36.5 Å². The van der Waals surface area contributed by atoms with Gasteiger partial charge in [0.2, 0.25) is 0 Å². The van der Waals surface area contributed by atoms with Crippen molar-refractivity contribution in [2.45, 2.75) is 31.9 Å². The lowest BCUT2D eigenvalue weighted by molar-refractivity contribution is -0.123. The molecule has 4 heterocycles. The van der Waals surface area contributed by atoms with E-state index in [0.29, 0.717) is 18.6 Å². The zero-order valence-electron chi connectivity index (χ0n) is 18.9. The number of nitrogens with two attached hydrogens (primary N) is 1. The predicted octanol–water partition coefficient (Wildman–Crippen LogP) is 3.91. The molecule has 2 aromatic heterocycles. The number of nitrogens with zero attached hydrogens (tertiary/aromatic N) is 4. The highest BCUT2D eigenvalue weighted by atomic mass is 16.5. The van der Waals surface area contributed by atoms with Crippen LogP contribution >= 0.6 is 0 Å². The summed E-state index contributed by atoms with van der Waals surface area (Å²) in [5, 5.41) is 1.14. The Morgan fingerprint density at radius 3 is 2.79 bits per heavy atom. The second-order valence-corrected chi connectivity index (χ2v) is 9.27. The number of hydrogen-bond donors (Lipinski definition) is 1. The third-order valence-corrected chi connectivity index (χ3v) is 6.95. The zero-order chi connectivity index (χ0) is 22.4. The number of benzene rings is 2. The van der Waals surface area contributed by atoms with Crippen molar-refractivity contribution in [1.29, 1.82) is 0 Å². The minimum absolute atomic E-state index is 0.185. The number of aromatic nitrogens is 3. The second-order valence-electron chi connectivity index (χ2n) is 9.27. The maximum atomic E-state index is 6.12. The second kappa shape index (κ2) is 8.32. The van der Waals surface area contributed by atoms with Crippen LogP contribution in [-0.4, -0.2) is 53.0 Å². The molecule has 2 saturated heterocycles. The van der Waals surface area contributed by atoms with Crippen molar-refractivity contribution >= 4 is 27.6 Å². The Bertz CT molecular complexity index is 1290. The summed E-state index contributed by atoms with van der Waals surface area (Å²) < 4.78 is 13.5. The molecular formula is C26H29N5O2. The maximum Gasteiger partial charge on any atom is 0.139 e. The topological polar surface area (TPSA) is 78.4 Å². The van der Waals surface area contributed by atoms with Crippen LogP contribution in [0.2, 0.25) is 0 Å². The molecule has 0 bridgehead atoms. The standard InChI is InChI=1S/C26H29N5O2/c1-17-14-33-24(17)15-32-20-6-7-22-21(13-20)28-16-31(22)25-8-5-18-3-2-4-23(26(18)29-25)30-11-9-19(27)10-12-30/h2-8,13,16-17,19,24H,9-12,14-15,27H2,1H3. The molecule has 33 heavy (non-hydrogen) atoms. The molecule has 2 fully saturated rings. The number of fused-ring (bicyclic) bond motifs is 2. The monoisotopic (exact) mass is 443 g/mol. The van der Waals surface area contributed by atoms with Gasteiger partial charge in [0.05, 0.1) is 34.9 Å². The number of piperidine rings is 1. The number of anilines is 1. The Hall–Kier alpha value is -3.16. The van der Waals surface area contributed by atoms with Crippen molar-refractivity contribution in [3.63, 3.8) is 0 Å². The van der Waals surface area contributed by atoms with Gasteiger partial charge in [-0.1, -0.05) is 19.1 Å². The van der Waals surface area contributed by atoms with Crippen LogP contribution in [-0.2, 0) is 4.74 Å². The van der Waals surface area contributed by atoms with E-state index in [1.807, 2.05) is 29.1 Å². The summed E-state index contributed by atoms with van der Waals surface area (Å²) in [5.41, 5.74) is 10.2. The van der Waals surface area contributed by atoms with E-state index in [4.69, 9.17) is 20.2 Å². The molecule has 0 saturated carbocycles. The van der Waals surface area contributed by atoms with Crippen molar-refractivity contribution in [1.82, 2.24) is 14.5 Å². The fourth-order valence-electron chi connectivity index (χ4n) is 4.73. The van der Waals surface area contributed by atoms with Crippen LogP contribution in [0.5, 0.6) is 5.75 Å². The molecule has 0 aliphatic carbocycles. The zero-order valence-corrected chi connectivity index (χ0v) is 18.9. The van der Waals surface area contributed by atoms with Gasteiger partial charge in [-0.15, -0.1) is 0 Å². The van der Waals surface area contributed by atoms with Crippen LogP contribution in [0.4, 0.5) is 5.69 Å². The van der Waals surface area contributed by atoms with Gasteiger partial charge in [0.25, 0.3) is 0 Å². The van der Waals surface area contributed by atoms with Crippen LogP contribution in [0.15, 0.2) is 54.9 Å². The van der Waals surface area contributed by atoms with E-state index in [0.717, 1.165) is 66.0 Å². The highest BCUT2D eigenvalue weighted by molar-refractivity contribution is 5.92. The Labute approximate surface area is 193 Å². The van der Waals surface area contributed by atoms with Crippen molar-refractivity contribution in [2.24, 2.45) is 11.7 Å². The van der Waals surface area contributed by atoms with Crippen LogP contribution in [0.25, 0.3) is 27.8 Å². The molecule has 2 atom stereocenters. The molecule has 2 unspecified atom stereocenters. The van der Waals surface area contributed by atoms with Gasteiger partial charge in [-0.2, -0.15) is 0 Å². The number of para-hydroxylation sites is 1. The lowest BCUT2D eigenvalue weighted by Gasteiger charge is -2.33. The number of ether oxygens (including phenoxy) is 2. The molecule has 2 aliphatic rings. The van der Waals surface area contributed by atoms with Crippen molar-refractivity contribution in [2.75, 3.05) is 31.2 Å². The van der Waals surface area contributed by atoms with E-state index in [9.17, 15) is 0 Å². The van der Waals surface area contributed by atoms with E-state index in [-0.39, 0.29) is 6.10 Å². The van der Waals surface area contributed by atoms with Gasteiger partial charge in [0.1, 0.15) is 24.5 Å². The average Bonchev–Trinajstić information content (AvgIpc) is 3.26. The SMILES string of the molecule is CC1COC1COc1ccc2c(c1)ncn2-c1ccc2cccc(N3CCC(N)CC3)c2n1. The van der Waals surface area contributed by atoms with Crippen LogP contribution in [0, 0.1) is 5.92 Å². The van der Waals surface area contributed by atoms with E-state index < -0.39 is 0 Å². The molecule has 0 spiro atoms. The summed E-state index contributed by atoms with van der Waals surface area (Å²) >= 11 is 0. The summed E-state index contributed by atoms with van der Waals surface area (Å²) in [5.74, 6) is 2.22. The lowest BCUT2D eigenvalue weighted by Crippen LogP contribution is -2.41. The molecule has 6 rings (SSSR count). The summed E-state index contributed by atoms with van der Waals surface area (Å²) in [6.45, 7) is 5.51. The first-order chi connectivity index (χ1) is 16.2. The van der Waals surface area contributed by atoms with Gasteiger partial charge in [-0.3, -0.25) is 4.57 Å². The van der Waals surface area contributed by atoms with E-state index in [1.54, 1.807) is 0 Å². The van der Waals surface area contributed by atoms with Gasteiger partial charge in [-0.05, 0) is 43.2 Å². The average molecular weight is 444 g/mol.